The number of sulfonamides is 1. The zero-order chi connectivity index (χ0) is 16.6. The molecule has 2 N–H and O–H groups in total. The fourth-order valence-corrected chi connectivity index (χ4v) is 3.57. The summed E-state index contributed by atoms with van der Waals surface area (Å²) in [4.78, 5) is 15.3. The quantitative estimate of drug-likeness (QED) is 0.590. The fourth-order valence-electron chi connectivity index (χ4n) is 2.36. The van der Waals surface area contributed by atoms with Gasteiger partial charge in [0.1, 0.15) is 22.7 Å². The maximum absolute atomic E-state index is 12.6. The molecule has 8 nitrogen and oxygen atoms in total. The SMILES string of the molecule is O=S(=O)(Nc1ccc(-n2ccnc2)nc1)c1c[nH]c2ncccc12. The van der Waals surface area contributed by atoms with Crippen molar-refractivity contribution in [1.82, 2.24) is 24.5 Å². The minimum absolute atomic E-state index is 0.143. The lowest BCUT2D eigenvalue weighted by Crippen LogP contribution is -2.13. The van der Waals surface area contributed by atoms with E-state index in [1.54, 1.807) is 53.8 Å². The molecule has 0 radical (unpaired) electrons. The van der Waals surface area contributed by atoms with Crippen molar-refractivity contribution in [3.63, 3.8) is 0 Å². The van der Waals surface area contributed by atoms with Crippen molar-refractivity contribution in [1.29, 1.82) is 0 Å². The van der Waals surface area contributed by atoms with Gasteiger partial charge in [-0.25, -0.2) is 23.4 Å². The van der Waals surface area contributed by atoms with Crippen LogP contribution in [0.3, 0.4) is 0 Å². The Bertz CT molecular complexity index is 1080. The van der Waals surface area contributed by atoms with E-state index < -0.39 is 10.0 Å². The minimum atomic E-state index is -3.74. The van der Waals surface area contributed by atoms with Gasteiger partial charge >= 0.3 is 0 Å². The Kier molecular flexibility index (Phi) is 3.28. The number of rotatable bonds is 4. The third-order valence-corrected chi connectivity index (χ3v) is 4.89. The Morgan fingerprint density at radius 3 is 2.79 bits per heavy atom. The standard InChI is InChI=1S/C15H12N6O2S/c22-24(23,13-9-19-15-12(13)2-1-5-17-15)20-11-3-4-14(18-8-11)21-7-6-16-10-21/h1-10,20H,(H,17,19). The van der Waals surface area contributed by atoms with Crippen LogP contribution in [0.2, 0.25) is 0 Å². The van der Waals surface area contributed by atoms with Gasteiger partial charge in [-0.05, 0) is 24.3 Å². The second kappa shape index (κ2) is 5.46. The second-order valence-electron chi connectivity index (χ2n) is 5.03. The lowest BCUT2D eigenvalue weighted by Gasteiger charge is -2.08. The number of nitrogens with zero attached hydrogens (tertiary/aromatic N) is 4. The van der Waals surface area contributed by atoms with Crippen molar-refractivity contribution in [3.8, 4) is 5.82 Å². The van der Waals surface area contributed by atoms with Crippen LogP contribution in [-0.4, -0.2) is 32.9 Å². The smallest absolute Gasteiger partial charge is 0.264 e. The Morgan fingerprint density at radius 1 is 1.12 bits per heavy atom. The molecule has 4 aromatic rings. The number of pyridine rings is 2. The molecule has 0 amide bonds. The molecule has 0 aliphatic rings. The molecule has 4 rings (SSSR count). The molecule has 0 fully saturated rings. The van der Waals surface area contributed by atoms with Crippen LogP contribution < -0.4 is 4.72 Å². The van der Waals surface area contributed by atoms with Crippen LogP contribution in [0.4, 0.5) is 5.69 Å². The number of imidazole rings is 1. The molecule has 0 aliphatic heterocycles. The van der Waals surface area contributed by atoms with Crippen molar-refractivity contribution in [2.75, 3.05) is 4.72 Å². The van der Waals surface area contributed by atoms with Gasteiger partial charge in [0.05, 0.1) is 11.9 Å². The van der Waals surface area contributed by atoms with E-state index in [1.165, 1.54) is 12.4 Å². The lowest BCUT2D eigenvalue weighted by molar-refractivity contribution is 0.602. The van der Waals surface area contributed by atoms with E-state index in [0.717, 1.165) is 0 Å². The Hall–Kier alpha value is -3.20. The first-order valence-electron chi connectivity index (χ1n) is 7.03. The number of nitrogens with one attached hydrogen (secondary N) is 2. The molecule has 0 saturated carbocycles. The fraction of sp³-hybridized carbons (Fsp3) is 0. The number of hydrogen-bond donors (Lipinski definition) is 2. The second-order valence-corrected chi connectivity index (χ2v) is 6.68. The van der Waals surface area contributed by atoms with Crippen LogP contribution in [0.5, 0.6) is 0 Å². The van der Waals surface area contributed by atoms with Crippen molar-refractivity contribution < 1.29 is 8.42 Å². The molecule has 120 valence electrons. The third kappa shape index (κ3) is 2.50. The van der Waals surface area contributed by atoms with Crippen LogP contribution in [0.25, 0.3) is 16.9 Å². The molecule has 4 aromatic heterocycles. The molecular weight excluding hydrogens is 328 g/mol. The number of aromatic amines is 1. The van der Waals surface area contributed by atoms with E-state index in [2.05, 4.69) is 24.7 Å². The van der Waals surface area contributed by atoms with Gasteiger partial charge in [0, 0.05) is 30.2 Å². The highest BCUT2D eigenvalue weighted by molar-refractivity contribution is 7.93. The lowest BCUT2D eigenvalue weighted by atomic mass is 10.3. The average molecular weight is 340 g/mol. The maximum atomic E-state index is 12.6. The summed E-state index contributed by atoms with van der Waals surface area (Å²) in [6, 6.07) is 6.74. The predicted octanol–water partition coefficient (Wildman–Crippen LogP) is 1.94. The molecule has 0 aliphatic carbocycles. The molecule has 0 atom stereocenters. The normalized spacial score (nSPS) is 11.7. The molecule has 24 heavy (non-hydrogen) atoms. The molecule has 0 spiro atoms. The van der Waals surface area contributed by atoms with Crippen molar-refractivity contribution in [2.45, 2.75) is 4.90 Å². The highest BCUT2D eigenvalue weighted by Crippen LogP contribution is 2.23. The van der Waals surface area contributed by atoms with Gasteiger partial charge in [-0.2, -0.15) is 0 Å². The van der Waals surface area contributed by atoms with Crippen molar-refractivity contribution in [3.05, 3.63) is 61.6 Å². The Balaban J connectivity index is 1.64. The molecule has 9 heteroatoms. The van der Waals surface area contributed by atoms with Crippen LogP contribution in [0.1, 0.15) is 0 Å². The minimum Gasteiger partial charge on any atom is -0.345 e. The summed E-state index contributed by atoms with van der Waals surface area (Å²) in [6.45, 7) is 0. The van der Waals surface area contributed by atoms with Crippen LogP contribution in [0, 0.1) is 0 Å². The highest BCUT2D eigenvalue weighted by Gasteiger charge is 2.19. The van der Waals surface area contributed by atoms with Gasteiger partial charge in [-0.3, -0.25) is 9.29 Å². The summed E-state index contributed by atoms with van der Waals surface area (Å²) in [6.07, 6.45) is 9.49. The van der Waals surface area contributed by atoms with Crippen molar-refractivity contribution in [2.24, 2.45) is 0 Å². The summed E-state index contributed by atoms with van der Waals surface area (Å²) in [7, 11) is -3.74. The topological polar surface area (TPSA) is 106 Å². The largest absolute Gasteiger partial charge is 0.345 e. The molecular formula is C15H12N6O2S. The molecule has 0 saturated heterocycles. The summed E-state index contributed by atoms with van der Waals surface area (Å²) in [5.41, 5.74) is 0.892. The van der Waals surface area contributed by atoms with Gasteiger partial charge in [0.2, 0.25) is 0 Å². The van der Waals surface area contributed by atoms with E-state index in [-0.39, 0.29) is 4.90 Å². The van der Waals surface area contributed by atoms with Crippen molar-refractivity contribution >= 4 is 26.7 Å². The van der Waals surface area contributed by atoms with Gasteiger partial charge in [-0.1, -0.05) is 0 Å². The summed E-state index contributed by atoms with van der Waals surface area (Å²) < 4.78 is 29.4. The van der Waals surface area contributed by atoms with Gasteiger partial charge < -0.3 is 4.98 Å². The number of aromatic nitrogens is 5. The van der Waals surface area contributed by atoms with E-state index in [4.69, 9.17) is 0 Å². The van der Waals surface area contributed by atoms with E-state index in [9.17, 15) is 8.42 Å². The average Bonchev–Trinajstić information content (AvgIpc) is 3.25. The van der Waals surface area contributed by atoms with Gasteiger partial charge in [-0.15, -0.1) is 0 Å². The highest BCUT2D eigenvalue weighted by atomic mass is 32.2. The van der Waals surface area contributed by atoms with Gasteiger partial charge in [0.15, 0.2) is 0 Å². The summed E-state index contributed by atoms with van der Waals surface area (Å²) >= 11 is 0. The maximum Gasteiger partial charge on any atom is 0.264 e. The Labute approximate surface area is 137 Å². The number of H-pyrrole nitrogens is 1. The van der Waals surface area contributed by atoms with E-state index in [1.807, 2.05) is 0 Å². The van der Waals surface area contributed by atoms with E-state index >= 15 is 0 Å². The zero-order valence-electron chi connectivity index (χ0n) is 12.3. The third-order valence-electron chi connectivity index (χ3n) is 3.47. The zero-order valence-corrected chi connectivity index (χ0v) is 13.1. The number of hydrogen-bond acceptors (Lipinski definition) is 5. The Morgan fingerprint density at radius 2 is 2.04 bits per heavy atom. The monoisotopic (exact) mass is 340 g/mol. The van der Waals surface area contributed by atoms with E-state index in [0.29, 0.717) is 22.5 Å². The van der Waals surface area contributed by atoms with Gasteiger partial charge in [0.25, 0.3) is 10.0 Å². The molecule has 4 heterocycles. The molecule has 0 unspecified atom stereocenters. The first kappa shape index (κ1) is 14.4. The number of anilines is 1. The number of fused-ring (bicyclic) bond motifs is 1. The predicted molar refractivity (Wildman–Crippen MR) is 88.3 cm³/mol. The molecule has 0 bridgehead atoms. The first-order chi connectivity index (χ1) is 11.6. The summed E-state index contributed by atoms with van der Waals surface area (Å²) in [5.74, 6) is 0.645. The van der Waals surface area contributed by atoms with Crippen LogP contribution >= 0.6 is 0 Å². The van der Waals surface area contributed by atoms with Crippen LogP contribution in [0.15, 0.2) is 66.5 Å². The van der Waals surface area contributed by atoms with Crippen LogP contribution in [-0.2, 0) is 10.0 Å². The summed E-state index contributed by atoms with van der Waals surface area (Å²) in [5, 5.41) is 0.535. The first-order valence-corrected chi connectivity index (χ1v) is 8.51. The molecule has 0 aromatic carbocycles.